The molecule has 10 heteroatoms. The van der Waals surface area contributed by atoms with Crippen molar-refractivity contribution in [3.8, 4) is 5.75 Å². The van der Waals surface area contributed by atoms with Crippen LogP contribution in [0.25, 0.3) is 0 Å². The summed E-state index contributed by atoms with van der Waals surface area (Å²) in [5, 5.41) is 3.35. The summed E-state index contributed by atoms with van der Waals surface area (Å²) in [7, 11) is -2.62. The third-order valence-corrected chi connectivity index (χ3v) is 9.95. The Kier molecular flexibility index (Phi) is 11.1. The second kappa shape index (κ2) is 14.8. The van der Waals surface area contributed by atoms with Gasteiger partial charge in [0.25, 0.3) is 10.0 Å². The zero-order valence-corrected chi connectivity index (χ0v) is 26.5. The lowest BCUT2D eigenvalue weighted by atomic mass is 9.95. The van der Waals surface area contributed by atoms with Crippen LogP contribution >= 0.6 is 11.6 Å². The topological polar surface area (TPSA) is 96.0 Å². The van der Waals surface area contributed by atoms with Crippen LogP contribution in [-0.2, 0) is 26.2 Å². The van der Waals surface area contributed by atoms with Crippen molar-refractivity contribution in [1.29, 1.82) is 0 Å². The Labute approximate surface area is 260 Å². The number of para-hydroxylation sites is 1. The fourth-order valence-electron chi connectivity index (χ4n) is 5.40. The second-order valence-electron chi connectivity index (χ2n) is 10.9. The third kappa shape index (κ3) is 8.09. The summed E-state index contributed by atoms with van der Waals surface area (Å²) in [6.07, 6.45) is 5.43. The van der Waals surface area contributed by atoms with Gasteiger partial charge in [0, 0.05) is 12.6 Å². The number of carbonyl (C=O) groups excluding carboxylic acids is 2. The Morgan fingerprint density at radius 3 is 2.23 bits per heavy atom. The van der Waals surface area contributed by atoms with Crippen molar-refractivity contribution in [2.45, 2.75) is 75.9 Å². The average Bonchev–Trinajstić information content (AvgIpc) is 3.01. The van der Waals surface area contributed by atoms with E-state index < -0.39 is 28.5 Å². The van der Waals surface area contributed by atoms with Gasteiger partial charge in [-0.1, -0.05) is 79.7 Å². The lowest BCUT2D eigenvalue weighted by Crippen LogP contribution is -2.54. The molecule has 1 aliphatic carbocycles. The maximum atomic E-state index is 14.3. The van der Waals surface area contributed by atoms with Crippen molar-refractivity contribution in [3.05, 3.63) is 88.9 Å². The Bertz CT molecular complexity index is 1490. The highest BCUT2D eigenvalue weighted by Crippen LogP contribution is 2.31. The highest BCUT2D eigenvalue weighted by molar-refractivity contribution is 7.92. The molecule has 3 aromatic carbocycles. The van der Waals surface area contributed by atoms with E-state index >= 15 is 0 Å². The van der Waals surface area contributed by atoms with Crippen LogP contribution in [0.2, 0.25) is 5.02 Å². The number of ether oxygens (including phenoxy) is 1. The fraction of sp³-hybridized carbons (Fsp3) is 0.394. The molecule has 0 radical (unpaired) electrons. The molecule has 1 atom stereocenters. The number of halogens is 1. The van der Waals surface area contributed by atoms with Crippen molar-refractivity contribution < 1.29 is 22.7 Å². The van der Waals surface area contributed by atoms with Crippen LogP contribution in [0.15, 0.2) is 77.7 Å². The van der Waals surface area contributed by atoms with Gasteiger partial charge in [-0.25, -0.2) is 8.42 Å². The van der Waals surface area contributed by atoms with Gasteiger partial charge in [0.1, 0.15) is 18.3 Å². The Hall–Kier alpha value is -3.56. The quantitative estimate of drug-likeness (QED) is 0.262. The molecule has 8 nitrogen and oxygen atoms in total. The SMILES string of the molecule is CC[C@H](C(=O)NC1CCCCC1)N(Cc1ccc(OC)cc1)C(=O)CN(c1ccccc1Cl)S(=O)(=O)c1ccc(C)cc1. The molecular weight excluding hydrogens is 586 g/mol. The van der Waals surface area contributed by atoms with Gasteiger partial charge >= 0.3 is 0 Å². The maximum absolute atomic E-state index is 14.3. The highest BCUT2D eigenvalue weighted by atomic mass is 35.5. The Balaban J connectivity index is 1.71. The number of nitrogens with one attached hydrogen (secondary N) is 1. The zero-order chi connectivity index (χ0) is 31.0. The van der Waals surface area contributed by atoms with Gasteiger partial charge in [-0.15, -0.1) is 0 Å². The smallest absolute Gasteiger partial charge is 0.264 e. The molecular formula is C33H40ClN3O5S. The Morgan fingerprint density at radius 1 is 0.977 bits per heavy atom. The molecule has 2 amide bonds. The number of methoxy groups -OCH3 is 1. The normalized spacial score (nSPS) is 14.5. The number of benzene rings is 3. The first-order chi connectivity index (χ1) is 20.6. The summed E-state index contributed by atoms with van der Waals surface area (Å²) in [6.45, 7) is 3.30. The zero-order valence-electron chi connectivity index (χ0n) is 25.0. The van der Waals surface area contributed by atoms with Gasteiger partial charge < -0.3 is 15.0 Å². The largest absolute Gasteiger partial charge is 0.497 e. The fourth-order valence-corrected chi connectivity index (χ4v) is 7.12. The molecule has 4 rings (SSSR count). The number of anilines is 1. The molecule has 0 aliphatic heterocycles. The minimum atomic E-state index is -4.19. The van der Waals surface area contributed by atoms with E-state index in [1.807, 2.05) is 26.0 Å². The first kappa shape index (κ1) is 32.4. The molecule has 1 fully saturated rings. The van der Waals surface area contributed by atoms with Crippen molar-refractivity contribution in [1.82, 2.24) is 10.2 Å². The van der Waals surface area contributed by atoms with Crippen molar-refractivity contribution in [3.63, 3.8) is 0 Å². The van der Waals surface area contributed by atoms with E-state index in [2.05, 4.69) is 5.32 Å². The summed E-state index contributed by atoms with van der Waals surface area (Å²) < 4.78 is 34.4. The number of hydrogen-bond donors (Lipinski definition) is 1. The molecule has 0 spiro atoms. The van der Waals surface area contributed by atoms with Crippen LogP contribution in [-0.4, -0.2) is 50.9 Å². The highest BCUT2D eigenvalue weighted by Gasteiger charge is 2.35. The molecule has 0 saturated heterocycles. The van der Waals surface area contributed by atoms with Crippen LogP contribution in [0.1, 0.15) is 56.6 Å². The molecule has 230 valence electrons. The van der Waals surface area contributed by atoms with Crippen LogP contribution in [0, 0.1) is 6.92 Å². The number of nitrogens with zero attached hydrogens (tertiary/aromatic N) is 2. The van der Waals surface area contributed by atoms with Crippen LogP contribution in [0.5, 0.6) is 5.75 Å². The summed E-state index contributed by atoms with van der Waals surface area (Å²) in [5.41, 5.74) is 1.87. The lowest BCUT2D eigenvalue weighted by Gasteiger charge is -2.34. The molecule has 0 aromatic heterocycles. The van der Waals surface area contributed by atoms with Gasteiger partial charge in [-0.3, -0.25) is 13.9 Å². The molecule has 0 heterocycles. The number of amides is 2. The van der Waals surface area contributed by atoms with Gasteiger partial charge in [-0.2, -0.15) is 0 Å². The standard InChI is InChI=1S/C33H40ClN3O5S/c1-4-30(33(39)35-26-10-6-5-7-11-26)36(22-25-16-18-27(42-3)19-17-25)32(38)23-37(31-13-9-8-12-29(31)34)43(40,41)28-20-14-24(2)15-21-28/h8-9,12-21,26,30H,4-7,10-11,22-23H2,1-3H3,(H,35,39)/t30-/m1/s1. The van der Waals surface area contributed by atoms with Crippen LogP contribution in [0.4, 0.5) is 5.69 Å². The second-order valence-corrected chi connectivity index (χ2v) is 13.2. The monoisotopic (exact) mass is 625 g/mol. The minimum absolute atomic E-state index is 0.0367. The summed E-state index contributed by atoms with van der Waals surface area (Å²) in [5.74, 6) is -0.0863. The predicted octanol–water partition coefficient (Wildman–Crippen LogP) is 6.11. The van der Waals surface area contributed by atoms with E-state index in [9.17, 15) is 18.0 Å². The van der Waals surface area contributed by atoms with Crippen molar-refractivity contribution >= 4 is 39.1 Å². The molecule has 1 aliphatic rings. The molecule has 3 aromatic rings. The molecule has 43 heavy (non-hydrogen) atoms. The molecule has 1 saturated carbocycles. The van der Waals surface area contributed by atoms with E-state index in [0.29, 0.717) is 12.2 Å². The van der Waals surface area contributed by atoms with E-state index in [4.69, 9.17) is 16.3 Å². The first-order valence-corrected chi connectivity index (χ1v) is 16.5. The van der Waals surface area contributed by atoms with E-state index in [1.165, 1.54) is 17.0 Å². The minimum Gasteiger partial charge on any atom is -0.497 e. The van der Waals surface area contributed by atoms with Crippen molar-refractivity contribution in [2.24, 2.45) is 0 Å². The van der Waals surface area contributed by atoms with Gasteiger partial charge in [0.2, 0.25) is 11.8 Å². The number of sulfonamides is 1. The molecule has 0 bridgehead atoms. The van der Waals surface area contributed by atoms with E-state index in [1.54, 1.807) is 55.6 Å². The number of rotatable bonds is 12. The maximum Gasteiger partial charge on any atom is 0.264 e. The lowest BCUT2D eigenvalue weighted by molar-refractivity contribution is -0.140. The summed E-state index contributed by atoms with van der Waals surface area (Å²) >= 11 is 6.50. The van der Waals surface area contributed by atoms with E-state index in [-0.39, 0.29) is 34.1 Å². The Morgan fingerprint density at radius 2 is 1.63 bits per heavy atom. The van der Waals surface area contributed by atoms with Crippen molar-refractivity contribution in [2.75, 3.05) is 18.0 Å². The first-order valence-electron chi connectivity index (χ1n) is 14.7. The van der Waals surface area contributed by atoms with E-state index in [0.717, 1.165) is 47.5 Å². The number of hydrogen-bond acceptors (Lipinski definition) is 5. The van der Waals surface area contributed by atoms with Crippen LogP contribution < -0.4 is 14.4 Å². The van der Waals surface area contributed by atoms with Gasteiger partial charge in [0.05, 0.1) is 22.7 Å². The van der Waals surface area contributed by atoms with Crippen LogP contribution in [0.3, 0.4) is 0 Å². The summed E-state index contributed by atoms with van der Waals surface area (Å²) in [4.78, 5) is 29.4. The third-order valence-electron chi connectivity index (χ3n) is 7.86. The predicted molar refractivity (Wildman–Crippen MR) is 170 cm³/mol. The summed E-state index contributed by atoms with van der Waals surface area (Å²) in [6, 6.07) is 19.5. The average molecular weight is 626 g/mol. The molecule has 0 unspecified atom stereocenters. The number of aryl methyl sites for hydroxylation is 1. The van der Waals surface area contributed by atoms with Gasteiger partial charge in [-0.05, 0) is 68.1 Å². The number of carbonyl (C=O) groups is 2. The molecule has 1 N–H and O–H groups in total. The van der Waals surface area contributed by atoms with Gasteiger partial charge in [0.15, 0.2) is 0 Å².